The van der Waals surface area contributed by atoms with Crippen LogP contribution in [-0.4, -0.2) is 21.5 Å². The molecule has 2 heterocycles. The Bertz CT molecular complexity index is 541. The summed E-state index contributed by atoms with van der Waals surface area (Å²) < 4.78 is 0. The number of hydrogen-bond acceptors (Lipinski definition) is 6. The molecule has 0 aliphatic rings. The van der Waals surface area contributed by atoms with E-state index in [9.17, 15) is 0 Å². The van der Waals surface area contributed by atoms with E-state index < -0.39 is 0 Å². The first-order valence-corrected chi connectivity index (χ1v) is 6.64. The van der Waals surface area contributed by atoms with E-state index in [0.717, 1.165) is 12.1 Å². The highest BCUT2D eigenvalue weighted by Crippen LogP contribution is 2.16. The Morgan fingerprint density at radius 2 is 2.10 bits per heavy atom. The predicted molar refractivity (Wildman–Crippen MR) is 81.3 cm³/mol. The summed E-state index contributed by atoms with van der Waals surface area (Å²) in [6.07, 6.45) is 5.17. The van der Waals surface area contributed by atoms with Crippen molar-refractivity contribution in [2.75, 3.05) is 22.9 Å². The van der Waals surface area contributed by atoms with Gasteiger partial charge in [0.25, 0.3) is 0 Å². The Kier molecular flexibility index (Phi) is 4.70. The van der Waals surface area contributed by atoms with E-state index in [1.54, 1.807) is 12.4 Å². The van der Waals surface area contributed by atoms with Crippen LogP contribution in [0.2, 0.25) is 0 Å². The van der Waals surface area contributed by atoms with Crippen molar-refractivity contribution in [2.24, 2.45) is 5.92 Å². The lowest BCUT2D eigenvalue weighted by Crippen LogP contribution is -2.13. The third-order valence-electron chi connectivity index (χ3n) is 2.67. The van der Waals surface area contributed by atoms with Crippen molar-refractivity contribution < 1.29 is 0 Å². The van der Waals surface area contributed by atoms with Crippen LogP contribution in [0.5, 0.6) is 0 Å². The summed E-state index contributed by atoms with van der Waals surface area (Å²) in [6.45, 7) is 5.71. The van der Waals surface area contributed by atoms with Gasteiger partial charge in [-0.25, -0.2) is 4.98 Å². The van der Waals surface area contributed by atoms with Gasteiger partial charge >= 0.3 is 0 Å². The highest BCUT2D eigenvalue weighted by Gasteiger charge is 2.05. The van der Waals surface area contributed by atoms with Gasteiger partial charge in [0, 0.05) is 25.5 Å². The number of pyridine rings is 1. The number of nitrogens with two attached hydrogens (primary N) is 1. The summed E-state index contributed by atoms with van der Waals surface area (Å²) in [4.78, 5) is 12.6. The van der Waals surface area contributed by atoms with Crippen LogP contribution in [0.1, 0.15) is 19.4 Å². The quantitative estimate of drug-likeness (QED) is 0.746. The third kappa shape index (κ3) is 4.08. The Labute approximate surface area is 118 Å². The molecule has 2 rings (SSSR count). The Balaban J connectivity index is 2.00. The van der Waals surface area contributed by atoms with Crippen LogP contribution in [0.15, 0.2) is 30.7 Å². The fraction of sp³-hybridized carbons (Fsp3) is 0.357. The fourth-order valence-electron chi connectivity index (χ4n) is 1.60. The molecule has 0 saturated carbocycles. The second kappa shape index (κ2) is 6.70. The van der Waals surface area contributed by atoms with Gasteiger partial charge in [-0.1, -0.05) is 19.9 Å². The zero-order chi connectivity index (χ0) is 14.4. The zero-order valence-corrected chi connectivity index (χ0v) is 11.8. The average molecular weight is 272 g/mol. The lowest BCUT2D eigenvalue weighted by molar-refractivity contribution is 0.687. The number of hydrogen-bond donors (Lipinski definition) is 3. The molecular formula is C14H20N6. The molecule has 20 heavy (non-hydrogen) atoms. The van der Waals surface area contributed by atoms with E-state index in [-0.39, 0.29) is 0 Å². The molecule has 6 heteroatoms. The smallest absolute Gasteiger partial charge is 0.225 e. The maximum Gasteiger partial charge on any atom is 0.225 e. The van der Waals surface area contributed by atoms with E-state index in [1.165, 1.54) is 0 Å². The zero-order valence-electron chi connectivity index (χ0n) is 11.8. The Hall–Kier alpha value is -2.37. The first-order valence-electron chi connectivity index (χ1n) is 6.64. The molecule has 0 fully saturated rings. The van der Waals surface area contributed by atoms with E-state index >= 15 is 0 Å². The van der Waals surface area contributed by atoms with Crippen molar-refractivity contribution in [1.82, 2.24) is 15.0 Å². The highest BCUT2D eigenvalue weighted by molar-refractivity contribution is 5.61. The van der Waals surface area contributed by atoms with Gasteiger partial charge in [0.15, 0.2) is 5.82 Å². The number of rotatable bonds is 6. The van der Waals surface area contributed by atoms with Crippen LogP contribution in [0.25, 0.3) is 0 Å². The molecule has 0 radical (unpaired) electrons. The largest absolute Gasteiger partial charge is 0.394 e. The minimum Gasteiger partial charge on any atom is -0.394 e. The lowest BCUT2D eigenvalue weighted by Gasteiger charge is -2.12. The molecule has 0 aliphatic carbocycles. The van der Waals surface area contributed by atoms with Gasteiger partial charge < -0.3 is 16.4 Å². The molecule has 6 nitrogen and oxygen atoms in total. The molecule has 0 aliphatic heterocycles. The molecule has 0 atom stereocenters. The van der Waals surface area contributed by atoms with E-state index in [2.05, 4.69) is 39.4 Å². The van der Waals surface area contributed by atoms with Gasteiger partial charge in [-0.2, -0.15) is 4.98 Å². The van der Waals surface area contributed by atoms with Crippen molar-refractivity contribution in [3.8, 4) is 0 Å². The van der Waals surface area contributed by atoms with Crippen LogP contribution >= 0.6 is 0 Å². The van der Waals surface area contributed by atoms with Crippen molar-refractivity contribution in [2.45, 2.75) is 20.4 Å². The summed E-state index contributed by atoms with van der Waals surface area (Å²) in [7, 11) is 0. The molecule has 0 spiro atoms. The highest BCUT2D eigenvalue weighted by atomic mass is 15.1. The van der Waals surface area contributed by atoms with Gasteiger partial charge in [-0.3, -0.25) is 4.98 Å². The summed E-state index contributed by atoms with van der Waals surface area (Å²) >= 11 is 0. The predicted octanol–water partition coefficient (Wildman–Crippen LogP) is 2.13. The van der Waals surface area contributed by atoms with Gasteiger partial charge in [0.1, 0.15) is 0 Å². The Morgan fingerprint density at radius 3 is 2.80 bits per heavy atom. The number of anilines is 3. The van der Waals surface area contributed by atoms with Crippen LogP contribution in [0, 0.1) is 5.92 Å². The van der Waals surface area contributed by atoms with E-state index in [0.29, 0.717) is 29.9 Å². The molecule has 4 N–H and O–H groups in total. The summed E-state index contributed by atoms with van der Waals surface area (Å²) in [5, 5.41) is 6.38. The van der Waals surface area contributed by atoms with Gasteiger partial charge in [-0.05, 0) is 17.5 Å². The van der Waals surface area contributed by atoms with Crippen molar-refractivity contribution in [3.63, 3.8) is 0 Å². The number of nitrogens with one attached hydrogen (secondary N) is 2. The number of aromatic nitrogens is 3. The van der Waals surface area contributed by atoms with Crippen LogP contribution in [0.4, 0.5) is 17.5 Å². The molecular weight excluding hydrogens is 252 g/mol. The summed E-state index contributed by atoms with van der Waals surface area (Å²) in [5.74, 6) is 1.74. The van der Waals surface area contributed by atoms with Crippen LogP contribution in [-0.2, 0) is 6.54 Å². The van der Waals surface area contributed by atoms with Crippen molar-refractivity contribution >= 4 is 17.5 Å². The monoisotopic (exact) mass is 272 g/mol. The van der Waals surface area contributed by atoms with Crippen LogP contribution in [0.3, 0.4) is 0 Å². The molecule has 0 amide bonds. The van der Waals surface area contributed by atoms with Gasteiger partial charge in [0.05, 0.1) is 11.9 Å². The van der Waals surface area contributed by atoms with Crippen LogP contribution < -0.4 is 16.4 Å². The molecule has 2 aromatic rings. The van der Waals surface area contributed by atoms with E-state index in [1.807, 2.05) is 18.3 Å². The second-order valence-electron chi connectivity index (χ2n) is 4.99. The first-order chi connectivity index (χ1) is 9.65. The van der Waals surface area contributed by atoms with Crippen molar-refractivity contribution in [1.29, 1.82) is 0 Å². The maximum atomic E-state index is 5.86. The van der Waals surface area contributed by atoms with E-state index in [4.69, 9.17) is 5.73 Å². The minimum atomic E-state index is 0.524. The van der Waals surface area contributed by atoms with Gasteiger partial charge in [-0.15, -0.1) is 0 Å². The molecule has 0 bridgehead atoms. The van der Waals surface area contributed by atoms with Crippen molar-refractivity contribution in [3.05, 3.63) is 36.3 Å². The Morgan fingerprint density at radius 1 is 1.25 bits per heavy atom. The molecule has 0 unspecified atom stereocenters. The topological polar surface area (TPSA) is 88.8 Å². The fourth-order valence-corrected chi connectivity index (χ4v) is 1.60. The van der Waals surface area contributed by atoms with Gasteiger partial charge in [0.2, 0.25) is 5.95 Å². The molecule has 0 saturated heterocycles. The molecule has 2 aromatic heterocycles. The standard InChI is InChI=1S/C14H20N6/c1-10(2)6-17-13-12(15)9-19-14(20-13)18-8-11-4-3-5-16-7-11/h3-5,7,9-10H,6,8,15H2,1-2H3,(H2,17,18,19,20). The first kappa shape index (κ1) is 14.0. The second-order valence-corrected chi connectivity index (χ2v) is 4.99. The lowest BCUT2D eigenvalue weighted by atomic mass is 10.2. The molecule has 106 valence electrons. The summed E-state index contributed by atoms with van der Waals surface area (Å²) in [6, 6.07) is 3.89. The summed E-state index contributed by atoms with van der Waals surface area (Å²) in [5.41, 5.74) is 7.48. The average Bonchev–Trinajstić information content (AvgIpc) is 2.46. The number of nitrogens with zero attached hydrogens (tertiary/aromatic N) is 3. The number of nitrogen functional groups attached to an aromatic ring is 1. The maximum absolute atomic E-state index is 5.86. The third-order valence-corrected chi connectivity index (χ3v) is 2.67. The SMILES string of the molecule is CC(C)CNc1nc(NCc2cccnc2)ncc1N. The minimum absolute atomic E-state index is 0.524. The molecule has 0 aromatic carbocycles. The normalized spacial score (nSPS) is 10.6.